The summed E-state index contributed by atoms with van der Waals surface area (Å²) < 4.78 is 16.1. The van der Waals surface area contributed by atoms with Crippen LogP contribution in [0.1, 0.15) is 11.3 Å². The molecule has 0 aliphatic carbocycles. The Labute approximate surface area is 180 Å². The van der Waals surface area contributed by atoms with E-state index < -0.39 is 0 Å². The maximum atomic E-state index is 5.41. The number of hydrogen-bond acceptors (Lipinski definition) is 5. The summed E-state index contributed by atoms with van der Waals surface area (Å²) in [5, 5.41) is 10.6. The number of halogens is 1. The molecule has 3 aromatic rings. The fourth-order valence-electron chi connectivity index (χ4n) is 2.77. The molecule has 0 saturated carbocycles. The van der Waals surface area contributed by atoms with E-state index in [0.717, 1.165) is 34.1 Å². The normalized spacial score (nSPS) is 12.4. The summed E-state index contributed by atoms with van der Waals surface area (Å²) in [6, 6.07) is 17.7. The number of ether oxygens (including phenoxy) is 2. The fourth-order valence-corrected chi connectivity index (χ4v) is 2.77. The summed E-state index contributed by atoms with van der Waals surface area (Å²) >= 11 is 0. The first-order chi connectivity index (χ1) is 13.3. The number of guanidine groups is 1. The van der Waals surface area contributed by atoms with Crippen LogP contribution in [0.2, 0.25) is 0 Å². The Kier molecular flexibility index (Phi) is 6.75. The van der Waals surface area contributed by atoms with Crippen LogP contribution >= 0.6 is 24.0 Å². The number of benzene rings is 2. The number of aliphatic imine (C=N–C) groups is 1. The van der Waals surface area contributed by atoms with E-state index in [4.69, 9.17) is 14.0 Å². The summed E-state index contributed by atoms with van der Waals surface area (Å²) in [5.41, 5.74) is 2.89. The minimum atomic E-state index is 0. The van der Waals surface area contributed by atoms with Crippen molar-refractivity contribution in [3.63, 3.8) is 0 Å². The zero-order chi connectivity index (χ0) is 18.5. The molecule has 28 heavy (non-hydrogen) atoms. The summed E-state index contributed by atoms with van der Waals surface area (Å²) in [6.45, 7) is 1.40. The Morgan fingerprint density at radius 3 is 2.61 bits per heavy atom. The smallest absolute Gasteiger partial charge is 0.231 e. The second-order valence-corrected chi connectivity index (χ2v) is 6.02. The molecule has 0 bridgehead atoms. The predicted octanol–water partition coefficient (Wildman–Crippen LogP) is 3.55. The molecule has 0 unspecified atom stereocenters. The van der Waals surface area contributed by atoms with Gasteiger partial charge in [-0.15, -0.1) is 24.0 Å². The van der Waals surface area contributed by atoms with Gasteiger partial charge >= 0.3 is 0 Å². The van der Waals surface area contributed by atoms with Crippen LogP contribution in [0, 0.1) is 0 Å². The van der Waals surface area contributed by atoms with Crippen molar-refractivity contribution in [3.8, 4) is 22.8 Å². The molecular weight excluding hydrogens is 471 g/mol. The maximum Gasteiger partial charge on any atom is 0.231 e. The first-order valence-corrected chi connectivity index (χ1v) is 8.66. The van der Waals surface area contributed by atoms with Crippen molar-refractivity contribution in [3.05, 3.63) is 65.9 Å². The van der Waals surface area contributed by atoms with Gasteiger partial charge in [-0.2, -0.15) is 0 Å². The van der Waals surface area contributed by atoms with Gasteiger partial charge in [-0.25, -0.2) is 0 Å². The second kappa shape index (κ2) is 9.45. The van der Waals surface area contributed by atoms with Gasteiger partial charge in [0.05, 0.1) is 6.54 Å². The van der Waals surface area contributed by atoms with Crippen LogP contribution in [0.3, 0.4) is 0 Å². The van der Waals surface area contributed by atoms with E-state index in [9.17, 15) is 0 Å². The van der Waals surface area contributed by atoms with Gasteiger partial charge in [0, 0.05) is 25.2 Å². The Balaban J connectivity index is 0.00000225. The third kappa shape index (κ3) is 4.75. The lowest BCUT2D eigenvalue weighted by Crippen LogP contribution is -2.36. The lowest BCUT2D eigenvalue weighted by molar-refractivity contribution is 0.174. The van der Waals surface area contributed by atoms with Crippen LogP contribution in [0.4, 0.5) is 0 Å². The zero-order valence-corrected chi connectivity index (χ0v) is 17.7. The lowest BCUT2D eigenvalue weighted by Gasteiger charge is -2.11. The average Bonchev–Trinajstić information content (AvgIpc) is 3.38. The number of rotatable bonds is 5. The van der Waals surface area contributed by atoms with Gasteiger partial charge in [0.25, 0.3) is 0 Å². The lowest BCUT2D eigenvalue weighted by atomic mass is 10.2. The molecule has 0 spiro atoms. The predicted molar refractivity (Wildman–Crippen MR) is 117 cm³/mol. The van der Waals surface area contributed by atoms with Crippen molar-refractivity contribution in [2.75, 3.05) is 13.8 Å². The van der Waals surface area contributed by atoms with E-state index >= 15 is 0 Å². The molecule has 1 aromatic heterocycles. The van der Waals surface area contributed by atoms with Gasteiger partial charge in [0.15, 0.2) is 23.2 Å². The molecule has 1 aliphatic heterocycles. The summed E-state index contributed by atoms with van der Waals surface area (Å²) in [6.07, 6.45) is 0. The molecule has 0 radical (unpaired) electrons. The van der Waals surface area contributed by atoms with Crippen LogP contribution in [-0.4, -0.2) is 25.0 Å². The zero-order valence-electron chi connectivity index (χ0n) is 15.3. The Morgan fingerprint density at radius 2 is 1.79 bits per heavy atom. The Hall–Kier alpha value is -2.75. The molecule has 7 nitrogen and oxygen atoms in total. The molecule has 0 fully saturated rings. The molecule has 4 rings (SSSR count). The molecule has 1 aliphatic rings. The van der Waals surface area contributed by atoms with Gasteiger partial charge in [0.2, 0.25) is 6.79 Å². The summed E-state index contributed by atoms with van der Waals surface area (Å²) in [7, 11) is 1.73. The fraction of sp³-hybridized carbons (Fsp3) is 0.200. The number of aromatic nitrogens is 1. The van der Waals surface area contributed by atoms with Gasteiger partial charge < -0.3 is 24.6 Å². The van der Waals surface area contributed by atoms with E-state index in [1.54, 1.807) is 7.05 Å². The van der Waals surface area contributed by atoms with E-state index in [2.05, 4.69) is 20.8 Å². The van der Waals surface area contributed by atoms with E-state index in [0.29, 0.717) is 19.0 Å². The highest BCUT2D eigenvalue weighted by Gasteiger charge is 2.13. The van der Waals surface area contributed by atoms with Crippen LogP contribution in [-0.2, 0) is 13.1 Å². The standard InChI is InChI=1S/C20H20N4O3.HI/c1-21-20(22-11-14-7-8-17-19(9-14)26-13-25-17)23-12-16-10-18(27-24-16)15-5-3-2-4-6-15;/h2-10H,11-13H2,1H3,(H2,21,22,23);1H. The monoisotopic (exact) mass is 492 g/mol. The molecule has 0 amide bonds. The number of hydrogen-bond donors (Lipinski definition) is 2. The van der Waals surface area contributed by atoms with Crippen molar-refractivity contribution in [2.45, 2.75) is 13.1 Å². The van der Waals surface area contributed by atoms with Crippen molar-refractivity contribution >= 4 is 29.9 Å². The summed E-state index contributed by atoms with van der Waals surface area (Å²) in [4.78, 5) is 4.24. The molecule has 2 aromatic carbocycles. The third-order valence-corrected chi connectivity index (χ3v) is 4.17. The van der Waals surface area contributed by atoms with Crippen molar-refractivity contribution in [1.82, 2.24) is 15.8 Å². The van der Waals surface area contributed by atoms with E-state index in [1.807, 2.05) is 54.6 Å². The van der Waals surface area contributed by atoms with Crippen molar-refractivity contribution in [2.24, 2.45) is 4.99 Å². The van der Waals surface area contributed by atoms with E-state index in [-0.39, 0.29) is 30.8 Å². The maximum absolute atomic E-state index is 5.41. The minimum Gasteiger partial charge on any atom is -0.454 e. The highest BCUT2D eigenvalue weighted by molar-refractivity contribution is 14.0. The van der Waals surface area contributed by atoms with Gasteiger partial charge in [-0.05, 0) is 17.7 Å². The second-order valence-electron chi connectivity index (χ2n) is 6.02. The largest absolute Gasteiger partial charge is 0.454 e. The average molecular weight is 492 g/mol. The molecule has 2 N–H and O–H groups in total. The van der Waals surface area contributed by atoms with E-state index in [1.165, 1.54) is 0 Å². The van der Waals surface area contributed by atoms with Crippen LogP contribution in [0.15, 0.2) is 64.1 Å². The van der Waals surface area contributed by atoms with Gasteiger partial charge in [-0.3, -0.25) is 4.99 Å². The highest BCUT2D eigenvalue weighted by Crippen LogP contribution is 2.32. The first kappa shape index (κ1) is 20.0. The SMILES string of the molecule is CN=C(NCc1ccc2c(c1)OCO2)NCc1cc(-c2ccccc2)on1.I. The molecule has 2 heterocycles. The topological polar surface area (TPSA) is 80.9 Å². The van der Waals surface area contributed by atoms with Crippen LogP contribution in [0.5, 0.6) is 11.5 Å². The number of fused-ring (bicyclic) bond motifs is 1. The first-order valence-electron chi connectivity index (χ1n) is 8.66. The molecule has 8 heteroatoms. The van der Waals surface area contributed by atoms with Gasteiger partial charge in [0.1, 0.15) is 5.69 Å². The Morgan fingerprint density at radius 1 is 1.00 bits per heavy atom. The molecule has 0 saturated heterocycles. The number of nitrogens with one attached hydrogen (secondary N) is 2. The highest BCUT2D eigenvalue weighted by atomic mass is 127. The molecule has 146 valence electrons. The molecule has 0 atom stereocenters. The summed E-state index contributed by atoms with van der Waals surface area (Å²) in [5.74, 6) is 2.97. The molecular formula is C20H21IN4O3. The third-order valence-electron chi connectivity index (χ3n) is 4.17. The van der Waals surface area contributed by atoms with Crippen LogP contribution < -0.4 is 20.1 Å². The number of nitrogens with zero attached hydrogens (tertiary/aromatic N) is 2. The van der Waals surface area contributed by atoms with Crippen LogP contribution in [0.25, 0.3) is 11.3 Å². The van der Waals surface area contributed by atoms with Crippen molar-refractivity contribution < 1.29 is 14.0 Å². The van der Waals surface area contributed by atoms with Crippen molar-refractivity contribution in [1.29, 1.82) is 0 Å². The quantitative estimate of drug-likeness (QED) is 0.322. The minimum absolute atomic E-state index is 0. The van der Waals surface area contributed by atoms with Gasteiger partial charge in [-0.1, -0.05) is 41.6 Å². The Bertz CT molecular complexity index is 944.